The lowest BCUT2D eigenvalue weighted by molar-refractivity contribution is -0.119. The number of aromatic nitrogens is 1. The lowest BCUT2D eigenvalue weighted by atomic mass is 10.2. The molecule has 0 aliphatic rings. The number of rotatable bonds is 5. The van der Waals surface area contributed by atoms with Gasteiger partial charge in [-0.25, -0.2) is 4.79 Å². The summed E-state index contributed by atoms with van der Waals surface area (Å²) in [5.41, 5.74) is 1.39. The molecule has 0 aliphatic carbocycles. The summed E-state index contributed by atoms with van der Waals surface area (Å²) in [5, 5.41) is 6.39. The first kappa shape index (κ1) is 16.1. The molecule has 0 saturated carbocycles. The van der Waals surface area contributed by atoms with Crippen LogP contribution in [0.2, 0.25) is 0 Å². The number of amides is 1. The Morgan fingerprint density at radius 1 is 1.32 bits per heavy atom. The highest BCUT2D eigenvalue weighted by molar-refractivity contribution is 7.98. The summed E-state index contributed by atoms with van der Waals surface area (Å²) >= 11 is 1.52. The number of benzene rings is 1. The van der Waals surface area contributed by atoms with Gasteiger partial charge in [0.1, 0.15) is 11.3 Å². The Balaban J connectivity index is 1.94. The van der Waals surface area contributed by atoms with Crippen molar-refractivity contribution in [2.45, 2.75) is 18.7 Å². The first-order valence-corrected chi connectivity index (χ1v) is 7.78. The molecule has 0 bridgehead atoms. The third-order valence-corrected chi connectivity index (χ3v) is 3.75. The van der Waals surface area contributed by atoms with E-state index in [4.69, 9.17) is 9.26 Å². The van der Waals surface area contributed by atoms with Crippen molar-refractivity contribution in [1.82, 2.24) is 5.16 Å². The number of nitrogens with zero attached hydrogens (tertiary/aromatic N) is 1. The van der Waals surface area contributed by atoms with Crippen molar-refractivity contribution < 1.29 is 18.8 Å². The number of carbonyl (C=O) groups is 2. The molecule has 0 radical (unpaired) electrons. The molecule has 6 nitrogen and oxygen atoms in total. The van der Waals surface area contributed by atoms with Gasteiger partial charge in [0.05, 0.1) is 11.4 Å². The van der Waals surface area contributed by atoms with Crippen LogP contribution in [0.1, 0.15) is 21.8 Å². The van der Waals surface area contributed by atoms with Crippen LogP contribution in [0.4, 0.5) is 5.69 Å². The highest BCUT2D eigenvalue weighted by Gasteiger charge is 2.20. The van der Waals surface area contributed by atoms with Crippen molar-refractivity contribution in [2.75, 3.05) is 18.2 Å². The smallest absolute Gasteiger partial charge is 0.344 e. The fraction of sp³-hybridized carbons (Fsp3) is 0.267. The summed E-state index contributed by atoms with van der Waals surface area (Å²) in [5.74, 6) is -0.651. The van der Waals surface area contributed by atoms with Crippen LogP contribution in [0.3, 0.4) is 0 Å². The summed E-state index contributed by atoms with van der Waals surface area (Å²) < 4.78 is 9.89. The molecule has 2 rings (SSSR count). The molecule has 2 aromatic rings. The van der Waals surface area contributed by atoms with Crippen molar-refractivity contribution >= 4 is 29.3 Å². The van der Waals surface area contributed by atoms with Crippen LogP contribution >= 0.6 is 11.8 Å². The lowest BCUT2D eigenvalue weighted by Crippen LogP contribution is -2.21. The zero-order valence-corrected chi connectivity index (χ0v) is 13.3. The number of nitrogens with one attached hydrogen (secondary N) is 1. The average Bonchev–Trinajstić information content (AvgIpc) is 2.84. The van der Waals surface area contributed by atoms with E-state index in [0.717, 1.165) is 4.90 Å². The molecular formula is C15H16N2O4S. The van der Waals surface area contributed by atoms with Crippen LogP contribution < -0.4 is 5.32 Å². The highest BCUT2D eigenvalue weighted by Crippen LogP contribution is 2.24. The van der Waals surface area contributed by atoms with E-state index < -0.39 is 11.9 Å². The predicted octanol–water partition coefficient (Wildman–Crippen LogP) is 2.81. The number of carbonyl (C=O) groups excluding carboxylic acids is 2. The maximum Gasteiger partial charge on any atom is 0.344 e. The van der Waals surface area contributed by atoms with E-state index in [1.54, 1.807) is 19.9 Å². The van der Waals surface area contributed by atoms with Gasteiger partial charge in [-0.05, 0) is 32.2 Å². The Bertz CT molecular complexity index is 677. The number of para-hydroxylation sites is 1. The van der Waals surface area contributed by atoms with E-state index >= 15 is 0 Å². The van der Waals surface area contributed by atoms with E-state index in [1.165, 1.54) is 11.8 Å². The van der Waals surface area contributed by atoms with Crippen molar-refractivity contribution in [3.8, 4) is 0 Å². The zero-order chi connectivity index (χ0) is 16.1. The lowest BCUT2D eigenvalue weighted by Gasteiger charge is -2.09. The summed E-state index contributed by atoms with van der Waals surface area (Å²) in [4.78, 5) is 24.7. The fourth-order valence-corrected chi connectivity index (χ4v) is 2.47. The zero-order valence-electron chi connectivity index (χ0n) is 12.5. The van der Waals surface area contributed by atoms with Gasteiger partial charge < -0.3 is 14.6 Å². The molecule has 1 N–H and O–H groups in total. The van der Waals surface area contributed by atoms with Gasteiger partial charge in [-0.2, -0.15) is 0 Å². The summed E-state index contributed by atoms with van der Waals surface area (Å²) in [6, 6.07) is 7.40. The third kappa shape index (κ3) is 3.67. The third-order valence-electron chi connectivity index (χ3n) is 2.95. The number of esters is 1. The topological polar surface area (TPSA) is 81.4 Å². The number of anilines is 1. The van der Waals surface area contributed by atoms with Gasteiger partial charge in [0.25, 0.3) is 5.91 Å². The van der Waals surface area contributed by atoms with Gasteiger partial charge in [0.15, 0.2) is 6.61 Å². The second kappa shape index (κ2) is 7.13. The van der Waals surface area contributed by atoms with Gasteiger partial charge in [0, 0.05) is 4.90 Å². The van der Waals surface area contributed by atoms with Crippen molar-refractivity contribution in [3.05, 3.63) is 41.3 Å². The summed E-state index contributed by atoms with van der Waals surface area (Å²) in [7, 11) is 0. The maximum atomic E-state index is 11.9. The minimum absolute atomic E-state index is 0.261. The average molecular weight is 320 g/mol. The second-order valence-corrected chi connectivity index (χ2v) is 5.37. The minimum atomic E-state index is -0.621. The van der Waals surface area contributed by atoms with Gasteiger partial charge in [-0.15, -0.1) is 11.8 Å². The van der Waals surface area contributed by atoms with Crippen LogP contribution in [0.25, 0.3) is 0 Å². The first-order valence-electron chi connectivity index (χ1n) is 6.55. The second-order valence-electron chi connectivity index (χ2n) is 4.52. The largest absolute Gasteiger partial charge is 0.452 e. The standard InChI is InChI=1S/C15H16N2O4S/c1-9-14(10(2)21-17-9)15(19)20-8-13(18)16-11-6-4-5-7-12(11)22-3/h4-7H,8H2,1-3H3,(H,16,18). The van der Waals surface area contributed by atoms with Crippen molar-refractivity contribution in [2.24, 2.45) is 0 Å². The van der Waals surface area contributed by atoms with Crippen LogP contribution in [0.15, 0.2) is 33.7 Å². The molecule has 1 aromatic heterocycles. The molecule has 0 unspecified atom stereocenters. The number of aryl methyl sites for hydroxylation is 2. The molecular weight excluding hydrogens is 304 g/mol. The molecule has 0 atom stereocenters. The Morgan fingerprint density at radius 3 is 2.68 bits per heavy atom. The Labute approximate surface area is 132 Å². The Kier molecular flexibility index (Phi) is 5.21. The van der Waals surface area contributed by atoms with E-state index in [2.05, 4.69) is 10.5 Å². The molecule has 7 heteroatoms. The van der Waals surface area contributed by atoms with Gasteiger partial charge in [0.2, 0.25) is 0 Å². The Morgan fingerprint density at radius 2 is 2.05 bits per heavy atom. The number of hydrogen-bond acceptors (Lipinski definition) is 6. The van der Waals surface area contributed by atoms with Crippen molar-refractivity contribution in [3.63, 3.8) is 0 Å². The molecule has 0 fully saturated rings. The van der Waals surface area contributed by atoms with E-state index in [9.17, 15) is 9.59 Å². The molecule has 1 amide bonds. The normalized spacial score (nSPS) is 10.3. The quantitative estimate of drug-likeness (QED) is 0.674. The fourth-order valence-electron chi connectivity index (χ4n) is 1.91. The molecule has 1 aromatic carbocycles. The van der Waals surface area contributed by atoms with Gasteiger partial charge >= 0.3 is 5.97 Å². The van der Waals surface area contributed by atoms with Crippen molar-refractivity contribution in [1.29, 1.82) is 0 Å². The molecule has 0 saturated heterocycles. The number of hydrogen-bond donors (Lipinski definition) is 1. The van der Waals surface area contributed by atoms with Crippen LogP contribution in [0.5, 0.6) is 0 Å². The Hall–Kier alpha value is -2.28. The van der Waals surface area contributed by atoms with Crippen LogP contribution in [0, 0.1) is 13.8 Å². The highest BCUT2D eigenvalue weighted by atomic mass is 32.2. The summed E-state index contributed by atoms with van der Waals surface area (Å²) in [6.45, 7) is 2.89. The summed E-state index contributed by atoms with van der Waals surface area (Å²) in [6.07, 6.45) is 1.92. The van der Waals surface area contributed by atoms with Crippen LogP contribution in [-0.2, 0) is 9.53 Å². The molecule has 0 spiro atoms. The minimum Gasteiger partial charge on any atom is -0.452 e. The predicted molar refractivity (Wildman–Crippen MR) is 83.1 cm³/mol. The van der Waals surface area contributed by atoms with Gasteiger partial charge in [-0.1, -0.05) is 17.3 Å². The molecule has 0 aliphatic heterocycles. The monoisotopic (exact) mass is 320 g/mol. The van der Waals surface area contributed by atoms with E-state index in [0.29, 0.717) is 17.1 Å². The molecule has 116 valence electrons. The number of ether oxygens (including phenoxy) is 1. The van der Waals surface area contributed by atoms with Gasteiger partial charge in [-0.3, -0.25) is 4.79 Å². The van der Waals surface area contributed by atoms with Crippen LogP contribution in [-0.4, -0.2) is 29.9 Å². The van der Waals surface area contributed by atoms with E-state index in [-0.39, 0.29) is 12.2 Å². The first-order chi connectivity index (χ1) is 10.5. The SMILES string of the molecule is CSc1ccccc1NC(=O)COC(=O)c1c(C)noc1C. The maximum absolute atomic E-state index is 11.9. The molecule has 1 heterocycles. The van der Waals surface area contributed by atoms with E-state index in [1.807, 2.05) is 24.5 Å². The molecule has 22 heavy (non-hydrogen) atoms. The number of thioether (sulfide) groups is 1.